The van der Waals surface area contributed by atoms with Crippen LogP contribution in [0.3, 0.4) is 0 Å². The van der Waals surface area contributed by atoms with E-state index >= 15 is 0 Å². The average molecular weight is 284 g/mol. The van der Waals surface area contributed by atoms with Gasteiger partial charge in [-0.1, -0.05) is 11.6 Å². The fourth-order valence-electron chi connectivity index (χ4n) is 3.04. The van der Waals surface area contributed by atoms with Gasteiger partial charge in [0.05, 0.1) is 5.52 Å². The summed E-state index contributed by atoms with van der Waals surface area (Å²) >= 11 is 0. The standard InChI is InChI=1S/C17H24N4/c1-13-3-4-16-15(11-13)14(2)12-17(19-16)21-9-7-20(6-5-18)8-10-21/h3-4,11-12H,5-10,18H2,1-2H3. The van der Waals surface area contributed by atoms with E-state index in [9.17, 15) is 0 Å². The molecule has 0 radical (unpaired) electrons. The normalized spacial score (nSPS) is 16.6. The number of hydrogen-bond acceptors (Lipinski definition) is 4. The molecule has 4 nitrogen and oxygen atoms in total. The van der Waals surface area contributed by atoms with Crippen LogP contribution in [0.4, 0.5) is 5.82 Å². The van der Waals surface area contributed by atoms with Crippen molar-refractivity contribution in [1.82, 2.24) is 9.88 Å². The summed E-state index contributed by atoms with van der Waals surface area (Å²) in [6.45, 7) is 10.3. The van der Waals surface area contributed by atoms with Crippen molar-refractivity contribution in [3.05, 3.63) is 35.4 Å². The Kier molecular flexibility index (Phi) is 4.08. The molecule has 2 heterocycles. The number of rotatable bonds is 3. The lowest BCUT2D eigenvalue weighted by atomic mass is 10.1. The highest BCUT2D eigenvalue weighted by Crippen LogP contribution is 2.24. The molecule has 2 aromatic rings. The second kappa shape index (κ2) is 6.00. The molecule has 0 unspecified atom stereocenters. The summed E-state index contributed by atoms with van der Waals surface area (Å²) < 4.78 is 0. The highest BCUT2D eigenvalue weighted by atomic mass is 15.3. The second-order valence-electron chi connectivity index (χ2n) is 5.94. The van der Waals surface area contributed by atoms with Crippen molar-refractivity contribution in [2.24, 2.45) is 5.73 Å². The van der Waals surface area contributed by atoms with Crippen LogP contribution in [0.1, 0.15) is 11.1 Å². The third-order valence-electron chi connectivity index (χ3n) is 4.30. The molecular weight excluding hydrogens is 260 g/mol. The number of pyridine rings is 1. The van der Waals surface area contributed by atoms with Gasteiger partial charge in [-0.25, -0.2) is 4.98 Å². The lowest BCUT2D eigenvalue weighted by molar-refractivity contribution is 0.264. The number of piperazine rings is 1. The van der Waals surface area contributed by atoms with Crippen LogP contribution in [-0.4, -0.2) is 49.2 Å². The first-order chi connectivity index (χ1) is 10.2. The minimum absolute atomic E-state index is 0.743. The zero-order valence-corrected chi connectivity index (χ0v) is 13.0. The van der Waals surface area contributed by atoms with Gasteiger partial charge in [0, 0.05) is 44.7 Å². The van der Waals surface area contributed by atoms with E-state index in [1.165, 1.54) is 16.5 Å². The number of aromatic nitrogens is 1. The number of nitrogens with two attached hydrogens (primary N) is 1. The van der Waals surface area contributed by atoms with Crippen molar-refractivity contribution in [3.63, 3.8) is 0 Å². The summed E-state index contributed by atoms with van der Waals surface area (Å²) in [5.74, 6) is 1.11. The van der Waals surface area contributed by atoms with Gasteiger partial charge in [-0.2, -0.15) is 0 Å². The molecular formula is C17H24N4. The van der Waals surface area contributed by atoms with Crippen molar-refractivity contribution in [2.45, 2.75) is 13.8 Å². The topological polar surface area (TPSA) is 45.4 Å². The number of hydrogen-bond donors (Lipinski definition) is 1. The molecule has 3 rings (SSSR count). The molecule has 0 aliphatic carbocycles. The molecule has 0 saturated carbocycles. The maximum absolute atomic E-state index is 5.63. The van der Waals surface area contributed by atoms with E-state index in [0.717, 1.165) is 50.6 Å². The fourth-order valence-corrected chi connectivity index (χ4v) is 3.04. The zero-order valence-electron chi connectivity index (χ0n) is 13.0. The Hall–Kier alpha value is -1.65. The SMILES string of the molecule is Cc1ccc2nc(N3CCN(CCN)CC3)cc(C)c2c1. The number of aryl methyl sites for hydroxylation is 2. The molecule has 1 aliphatic rings. The van der Waals surface area contributed by atoms with Crippen LogP contribution in [0.15, 0.2) is 24.3 Å². The van der Waals surface area contributed by atoms with E-state index in [4.69, 9.17) is 10.7 Å². The van der Waals surface area contributed by atoms with E-state index in [2.05, 4.69) is 47.9 Å². The first-order valence-corrected chi connectivity index (χ1v) is 7.73. The Morgan fingerprint density at radius 2 is 1.86 bits per heavy atom. The first kappa shape index (κ1) is 14.3. The third kappa shape index (κ3) is 3.01. The van der Waals surface area contributed by atoms with Crippen LogP contribution in [0.5, 0.6) is 0 Å². The summed E-state index contributed by atoms with van der Waals surface area (Å²) in [6.07, 6.45) is 0. The van der Waals surface area contributed by atoms with E-state index in [1.54, 1.807) is 0 Å². The quantitative estimate of drug-likeness (QED) is 0.935. The van der Waals surface area contributed by atoms with Gasteiger partial charge in [0.25, 0.3) is 0 Å². The Morgan fingerprint density at radius 1 is 1.10 bits per heavy atom. The van der Waals surface area contributed by atoms with Gasteiger partial charge in [-0.3, -0.25) is 4.90 Å². The van der Waals surface area contributed by atoms with E-state index in [1.807, 2.05) is 0 Å². The average Bonchev–Trinajstić information content (AvgIpc) is 2.49. The second-order valence-corrected chi connectivity index (χ2v) is 5.94. The first-order valence-electron chi connectivity index (χ1n) is 7.73. The maximum atomic E-state index is 5.63. The summed E-state index contributed by atoms with van der Waals surface area (Å²) in [4.78, 5) is 9.67. The molecule has 1 saturated heterocycles. The van der Waals surface area contributed by atoms with Crippen molar-refractivity contribution < 1.29 is 0 Å². The molecule has 0 bridgehead atoms. The van der Waals surface area contributed by atoms with Crippen LogP contribution >= 0.6 is 0 Å². The molecule has 1 aliphatic heterocycles. The van der Waals surface area contributed by atoms with Gasteiger partial charge in [0.1, 0.15) is 5.82 Å². The lowest BCUT2D eigenvalue weighted by Gasteiger charge is -2.35. The molecule has 0 atom stereocenters. The summed E-state index contributed by atoms with van der Waals surface area (Å²) in [5, 5.41) is 1.26. The molecule has 2 N–H and O–H groups in total. The largest absolute Gasteiger partial charge is 0.354 e. The van der Waals surface area contributed by atoms with Crippen LogP contribution in [0, 0.1) is 13.8 Å². The van der Waals surface area contributed by atoms with Crippen LogP contribution < -0.4 is 10.6 Å². The molecule has 1 aromatic carbocycles. The molecule has 0 spiro atoms. The molecule has 112 valence electrons. The Balaban J connectivity index is 1.83. The van der Waals surface area contributed by atoms with Crippen LogP contribution in [0.25, 0.3) is 10.9 Å². The van der Waals surface area contributed by atoms with Crippen LogP contribution in [-0.2, 0) is 0 Å². The molecule has 1 aromatic heterocycles. The Morgan fingerprint density at radius 3 is 2.57 bits per heavy atom. The fraction of sp³-hybridized carbons (Fsp3) is 0.471. The third-order valence-corrected chi connectivity index (χ3v) is 4.30. The molecule has 0 amide bonds. The van der Waals surface area contributed by atoms with Crippen molar-refractivity contribution >= 4 is 16.7 Å². The Labute approximate surface area is 126 Å². The van der Waals surface area contributed by atoms with Crippen molar-refractivity contribution in [1.29, 1.82) is 0 Å². The van der Waals surface area contributed by atoms with Crippen molar-refractivity contribution in [3.8, 4) is 0 Å². The van der Waals surface area contributed by atoms with Gasteiger partial charge >= 0.3 is 0 Å². The van der Waals surface area contributed by atoms with Gasteiger partial charge in [0.15, 0.2) is 0 Å². The molecule has 21 heavy (non-hydrogen) atoms. The Bertz CT molecular complexity index is 630. The van der Waals surface area contributed by atoms with Gasteiger partial charge in [-0.15, -0.1) is 0 Å². The van der Waals surface area contributed by atoms with Gasteiger partial charge in [-0.05, 0) is 37.6 Å². The number of nitrogens with zero attached hydrogens (tertiary/aromatic N) is 3. The monoisotopic (exact) mass is 284 g/mol. The predicted molar refractivity (Wildman–Crippen MR) is 88.9 cm³/mol. The van der Waals surface area contributed by atoms with E-state index < -0.39 is 0 Å². The van der Waals surface area contributed by atoms with E-state index in [0.29, 0.717) is 0 Å². The minimum atomic E-state index is 0.743. The van der Waals surface area contributed by atoms with Gasteiger partial charge < -0.3 is 10.6 Å². The summed E-state index contributed by atoms with van der Waals surface area (Å²) in [7, 11) is 0. The molecule has 4 heteroatoms. The van der Waals surface area contributed by atoms with Gasteiger partial charge in [0.2, 0.25) is 0 Å². The van der Waals surface area contributed by atoms with Crippen LogP contribution in [0.2, 0.25) is 0 Å². The maximum Gasteiger partial charge on any atom is 0.129 e. The highest BCUT2D eigenvalue weighted by molar-refractivity contribution is 5.84. The summed E-state index contributed by atoms with van der Waals surface area (Å²) in [5.41, 5.74) is 9.32. The predicted octanol–water partition coefficient (Wildman–Crippen LogP) is 1.93. The van der Waals surface area contributed by atoms with E-state index in [-0.39, 0.29) is 0 Å². The van der Waals surface area contributed by atoms with Crippen molar-refractivity contribution in [2.75, 3.05) is 44.2 Å². The zero-order chi connectivity index (χ0) is 14.8. The number of anilines is 1. The highest BCUT2D eigenvalue weighted by Gasteiger charge is 2.18. The lowest BCUT2D eigenvalue weighted by Crippen LogP contribution is -2.48. The molecule has 1 fully saturated rings. The number of benzene rings is 1. The summed E-state index contributed by atoms with van der Waals surface area (Å²) in [6, 6.07) is 8.71. The minimum Gasteiger partial charge on any atom is -0.354 e. The smallest absolute Gasteiger partial charge is 0.129 e. The number of fused-ring (bicyclic) bond motifs is 1.